The predicted octanol–water partition coefficient (Wildman–Crippen LogP) is 5.13. The number of carbonyl (C=O) groups excluding carboxylic acids is 1. The van der Waals surface area contributed by atoms with Crippen molar-refractivity contribution in [2.24, 2.45) is 0 Å². The quantitative estimate of drug-likeness (QED) is 0.408. The van der Waals surface area contributed by atoms with Crippen molar-refractivity contribution < 1.29 is 4.79 Å². The molecule has 152 valence electrons. The fraction of sp³-hybridized carbons (Fsp3) is 0.182. The molecule has 4 rings (SSSR count). The number of nitrogens with one attached hydrogen (secondary N) is 1. The van der Waals surface area contributed by atoms with Crippen LogP contribution < -0.4 is 5.32 Å². The van der Waals surface area contributed by atoms with Crippen molar-refractivity contribution in [1.29, 1.82) is 0 Å². The van der Waals surface area contributed by atoms with Gasteiger partial charge in [-0.2, -0.15) is 0 Å². The Morgan fingerprint density at radius 2 is 1.87 bits per heavy atom. The molecule has 8 heteroatoms. The highest BCUT2D eigenvalue weighted by Gasteiger charge is 2.16. The minimum atomic E-state index is -0.114. The molecule has 6 nitrogen and oxygen atoms in total. The second-order valence-electron chi connectivity index (χ2n) is 6.60. The highest BCUT2D eigenvalue weighted by atomic mass is 32.2. The van der Waals surface area contributed by atoms with Crippen LogP contribution >= 0.6 is 23.1 Å². The van der Waals surface area contributed by atoms with Crippen LogP contribution in [-0.4, -0.2) is 31.4 Å². The zero-order valence-corrected chi connectivity index (χ0v) is 18.3. The zero-order chi connectivity index (χ0) is 20.9. The largest absolute Gasteiger partial charge is 0.302 e. The van der Waals surface area contributed by atoms with E-state index in [1.165, 1.54) is 23.1 Å². The molecule has 0 unspecified atom stereocenters. The van der Waals surface area contributed by atoms with E-state index in [0.29, 0.717) is 5.13 Å². The minimum Gasteiger partial charge on any atom is -0.302 e. The predicted molar refractivity (Wildman–Crippen MR) is 123 cm³/mol. The molecule has 2 heterocycles. The van der Waals surface area contributed by atoms with Crippen LogP contribution in [0.5, 0.6) is 0 Å². The van der Waals surface area contributed by atoms with Gasteiger partial charge in [0.25, 0.3) is 0 Å². The lowest BCUT2D eigenvalue weighted by Crippen LogP contribution is -2.14. The van der Waals surface area contributed by atoms with Crippen LogP contribution in [0.4, 0.5) is 5.13 Å². The highest BCUT2D eigenvalue weighted by Crippen LogP contribution is 2.29. The molecular weight excluding hydrogens is 414 g/mol. The van der Waals surface area contributed by atoms with E-state index >= 15 is 0 Å². The maximum absolute atomic E-state index is 12.4. The maximum Gasteiger partial charge on any atom is 0.236 e. The molecule has 1 amide bonds. The van der Waals surface area contributed by atoms with Gasteiger partial charge in [-0.15, -0.1) is 10.2 Å². The summed E-state index contributed by atoms with van der Waals surface area (Å²) < 4.78 is 2.04. The number of anilines is 1. The molecule has 4 aromatic rings. The van der Waals surface area contributed by atoms with Crippen LogP contribution in [0.25, 0.3) is 21.8 Å². The topological polar surface area (TPSA) is 72.7 Å². The number of aromatic nitrogens is 4. The lowest BCUT2D eigenvalue weighted by atomic mass is 10.1. The summed E-state index contributed by atoms with van der Waals surface area (Å²) in [6, 6.07) is 18.1. The lowest BCUT2D eigenvalue weighted by Gasteiger charge is -2.09. The van der Waals surface area contributed by atoms with Crippen molar-refractivity contribution in [3.8, 4) is 21.8 Å². The highest BCUT2D eigenvalue weighted by molar-refractivity contribution is 7.99. The number of rotatable bonds is 7. The molecule has 0 bridgehead atoms. The fourth-order valence-corrected chi connectivity index (χ4v) is 4.70. The summed E-state index contributed by atoms with van der Waals surface area (Å²) in [5, 5.41) is 12.9. The monoisotopic (exact) mass is 435 g/mol. The first-order chi connectivity index (χ1) is 14.7. The van der Waals surface area contributed by atoms with Crippen molar-refractivity contribution in [2.45, 2.75) is 25.5 Å². The number of carbonyl (C=O) groups is 1. The maximum atomic E-state index is 12.4. The van der Waals surface area contributed by atoms with Gasteiger partial charge in [-0.1, -0.05) is 77.7 Å². The Labute approximate surface area is 183 Å². The molecule has 0 radical (unpaired) electrons. The van der Waals surface area contributed by atoms with Crippen LogP contribution in [0.2, 0.25) is 0 Å². The number of thioether (sulfide) groups is 1. The molecule has 0 aliphatic rings. The normalized spacial score (nSPS) is 10.9. The van der Waals surface area contributed by atoms with Crippen LogP contribution in [0.1, 0.15) is 12.5 Å². The second-order valence-corrected chi connectivity index (χ2v) is 8.57. The van der Waals surface area contributed by atoms with E-state index in [-0.39, 0.29) is 11.7 Å². The van der Waals surface area contributed by atoms with Gasteiger partial charge in [0, 0.05) is 18.3 Å². The average molecular weight is 436 g/mol. The summed E-state index contributed by atoms with van der Waals surface area (Å²) in [5.41, 5.74) is 3.29. The third-order valence-corrected chi connectivity index (χ3v) is 6.49. The van der Waals surface area contributed by atoms with Gasteiger partial charge in [-0.3, -0.25) is 4.79 Å². The molecule has 0 saturated heterocycles. The molecular formula is C22H21N5OS2. The zero-order valence-electron chi connectivity index (χ0n) is 16.7. The van der Waals surface area contributed by atoms with Gasteiger partial charge < -0.3 is 9.88 Å². The summed E-state index contributed by atoms with van der Waals surface area (Å²) in [6.07, 6.45) is 1.78. The van der Waals surface area contributed by atoms with Crippen LogP contribution in [-0.2, 0) is 11.3 Å². The number of aryl methyl sites for hydroxylation is 1. The van der Waals surface area contributed by atoms with E-state index in [1.54, 1.807) is 6.20 Å². The Balaban J connectivity index is 1.41. The van der Waals surface area contributed by atoms with Crippen LogP contribution in [0.15, 0.2) is 66.0 Å². The third-order valence-electron chi connectivity index (χ3n) is 4.56. The molecule has 30 heavy (non-hydrogen) atoms. The summed E-state index contributed by atoms with van der Waals surface area (Å²) in [5.74, 6) is 0.953. The summed E-state index contributed by atoms with van der Waals surface area (Å²) in [7, 11) is 0. The van der Waals surface area contributed by atoms with E-state index in [1.807, 2.05) is 53.1 Å². The van der Waals surface area contributed by atoms with Crippen molar-refractivity contribution in [1.82, 2.24) is 19.7 Å². The molecule has 2 aromatic heterocycles. The minimum absolute atomic E-state index is 0.114. The molecule has 0 spiro atoms. The Hall–Kier alpha value is -2.97. The van der Waals surface area contributed by atoms with Crippen molar-refractivity contribution in [3.63, 3.8) is 0 Å². The third kappa shape index (κ3) is 4.44. The molecule has 0 aliphatic heterocycles. The summed E-state index contributed by atoms with van der Waals surface area (Å²) in [6.45, 7) is 4.84. The second kappa shape index (κ2) is 9.23. The molecule has 0 fully saturated rings. The summed E-state index contributed by atoms with van der Waals surface area (Å²) in [4.78, 5) is 17.8. The average Bonchev–Trinajstić information content (AvgIpc) is 3.40. The first kappa shape index (κ1) is 20.3. The van der Waals surface area contributed by atoms with Gasteiger partial charge in [0.15, 0.2) is 16.1 Å². The number of thiazole rings is 1. The molecule has 2 aromatic carbocycles. The van der Waals surface area contributed by atoms with E-state index < -0.39 is 0 Å². The van der Waals surface area contributed by atoms with Gasteiger partial charge in [0.05, 0.1) is 10.6 Å². The van der Waals surface area contributed by atoms with Crippen molar-refractivity contribution >= 4 is 34.1 Å². The van der Waals surface area contributed by atoms with Gasteiger partial charge in [-0.05, 0) is 25.0 Å². The fourth-order valence-electron chi connectivity index (χ4n) is 3.06. The van der Waals surface area contributed by atoms with Gasteiger partial charge in [0.1, 0.15) is 0 Å². The van der Waals surface area contributed by atoms with Crippen LogP contribution in [0, 0.1) is 6.92 Å². The first-order valence-electron chi connectivity index (χ1n) is 9.59. The van der Waals surface area contributed by atoms with Crippen molar-refractivity contribution in [3.05, 3.63) is 66.4 Å². The number of hydrogen-bond donors (Lipinski definition) is 1. The van der Waals surface area contributed by atoms with E-state index in [9.17, 15) is 4.79 Å². The number of nitrogens with zero attached hydrogens (tertiary/aromatic N) is 4. The molecule has 0 saturated carbocycles. The Morgan fingerprint density at radius 1 is 1.10 bits per heavy atom. The SMILES string of the molecule is CCn1c(SCC(=O)Nc2ncc(-c3ccccc3)s2)nnc1-c1ccccc1C. The number of benzene rings is 2. The molecule has 0 atom stereocenters. The number of amides is 1. The van der Waals surface area contributed by atoms with Gasteiger partial charge >= 0.3 is 0 Å². The molecule has 1 N–H and O–H groups in total. The Bertz CT molecular complexity index is 1150. The molecule has 0 aliphatic carbocycles. The van der Waals surface area contributed by atoms with Gasteiger partial charge in [0.2, 0.25) is 5.91 Å². The Morgan fingerprint density at radius 3 is 2.63 bits per heavy atom. The lowest BCUT2D eigenvalue weighted by molar-refractivity contribution is -0.113. The van der Waals surface area contributed by atoms with Gasteiger partial charge in [-0.25, -0.2) is 4.98 Å². The van der Waals surface area contributed by atoms with E-state index in [2.05, 4.69) is 40.4 Å². The summed E-state index contributed by atoms with van der Waals surface area (Å²) >= 11 is 2.84. The Kier molecular flexibility index (Phi) is 6.25. The standard InChI is InChI=1S/C22H21N5OS2/c1-3-27-20(17-12-8-7-9-15(17)2)25-26-22(27)29-14-19(28)24-21-23-13-18(30-21)16-10-5-4-6-11-16/h4-13H,3,14H2,1-2H3,(H,23,24,28). The van der Waals surface area contributed by atoms with Crippen molar-refractivity contribution in [2.75, 3.05) is 11.1 Å². The first-order valence-corrected chi connectivity index (χ1v) is 11.4. The van der Waals surface area contributed by atoms with E-state index in [0.717, 1.165) is 39.1 Å². The van der Waals surface area contributed by atoms with E-state index in [4.69, 9.17) is 0 Å². The smallest absolute Gasteiger partial charge is 0.236 e. The van der Waals surface area contributed by atoms with Crippen LogP contribution in [0.3, 0.4) is 0 Å². The number of hydrogen-bond acceptors (Lipinski definition) is 6.